The summed E-state index contributed by atoms with van der Waals surface area (Å²) in [5.74, 6) is 0.806. The smallest absolute Gasteiger partial charge is 0.311 e. The highest BCUT2D eigenvalue weighted by Crippen LogP contribution is 2.29. The zero-order chi connectivity index (χ0) is 45.1. The summed E-state index contributed by atoms with van der Waals surface area (Å²) in [6, 6.07) is 14.4. The molecule has 0 spiro atoms. The van der Waals surface area contributed by atoms with E-state index in [4.69, 9.17) is 29.7 Å². The Kier molecular flexibility index (Phi) is 14.6. The molecule has 10 heterocycles. The van der Waals surface area contributed by atoms with Crippen LogP contribution in [-0.4, -0.2) is 93.4 Å². The van der Waals surface area contributed by atoms with Gasteiger partial charge in [0.25, 0.3) is 0 Å². The molecular weight excluding hydrogens is 885 g/mol. The van der Waals surface area contributed by atoms with Gasteiger partial charge in [0.05, 0.1) is 73.8 Å². The molecule has 0 bridgehead atoms. The van der Waals surface area contributed by atoms with Crippen molar-refractivity contribution in [2.45, 2.75) is 77.3 Å². The second-order valence-electron chi connectivity index (χ2n) is 15.4. The number of aromatic nitrogens is 10. The minimum atomic E-state index is -0.451. The molecule has 8 aromatic rings. The average molecular weight is 933 g/mol. The first-order valence-corrected chi connectivity index (χ1v) is 23.4. The van der Waals surface area contributed by atoms with Crippen LogP contribution in [0, 0.1) is 10.1 Å². The number of thiazole rings is 2. The van der Waals surface area contributed by atoms with Crippen molar-refractivity contribution in [3.8, 4) is 22.5 Å². The van der Waals surface area contributed by atoms with Gasteiger partial charge < -0.3 is 35.3 Å². The average Bonchev–Trinajstić information content (AvgIpc) is 4.18. The van der Waals surface area contributed by atoms with Crippen molar-refractivity contribution >= 4 is 66.4 Å². The zero-order valence-corrected chi connectivity index (χ0v) is 37.5. The Morgan fingerprint density at radius 1 is 0.712 bits per heavy atom. The van der Waals surface area contributed by atoms with Gasteiger partial charge in [-0.15, -0.1) is 0 Å². The van der Waals surface area contributed by atoms with Gasteiger partial charge in [0.1, 0.15) is 36.5 Å². The molecular formula is C44H48N14O6S2. The van der Waals surface area contributed by atoms with Gasteiger partial charge in [-0.3, -0.25) is 19.5 Å². The number of hydrogen-bond donors (Lipinski definition) is 3. The second-order valence-corrected chi connectivity index (χ2v) is 17.5. The molecule has 4 N–H and O–H groups in total. The molecule has 66 heavy (non-hydrogen) atoms. The maximum Gasteiger partial charge on any atom is 0.311 e. The molecule has 20 nitrogen and oxygen atoms in total. The summed E-state index contributed by atoms with van der Waals surface area (Å²) in [6.45, 7) is 4.64. The number of fused-ring (bicyclic) bond motifs is 2. The first-order chi connectivity index (χ1) is 32.4. The van der Waals surface area contributed by atoms with Gasteiger partial charge in [0.2, 0.25) is 5.82 Å². The fourth-order valence-corrected chi connectivity index (χ4v) is 8.93. The predicted octanol–water partition coefficient (Wildman–Crippen LogP) is 7.70. The van der Waals surface area contributed by atoms with Crippen LogP contribution in [0.15, 0.2) is 85.7 Å². The van der Waals surface area contributed by atoms with Gasteiger partial charge >= 0.3 is 5.69 Å². The lowest BCUT2D eigenvalue weighted by Crippen LogP contribution is -2.24. The molecule has 2 aliphatic rings. The third-order valence-corrected chi connectivity index (χ3v) is 12.6. The van der Waals surface area contributed by atoms with Crippen LogP contribution in [0.25, 0.3) is 43.2 Å². The van der Waals surface area contributed by atoms with E-state index in [1.54, 1.807) is 46.9 Å². The van der Waals surface area contributed by atoms with E-state index in [0.717, 1.165) is 99.3 Å². The van der Waals surface area contributed by atoms with Crippen LogP contribution in [0.5, 0.6) is 0 Å². The monoisotopic (exact) mass is 932 g/mol. The lowest BCUT2D eigenvalue weighted by atomic mass is 10.2. The summed E-state index contributed by atoms with van der Waals surface area (Å²) >= 11 is 2.99. The molecule has 10 rings (SSSR count). The summed E-state index contributed by atoms with van der Waals surface area (Å²) in [5.41, 5.74) is 11.4. The van der Waals surface area contributed by atoms with Crippen molar-refractivity contribution < 1.29 is 23.9 Å². The van der Waals surface area contributed by atoms with Crippen molar-refractivity contribution in [1.29, 1.82) is 0 Å². The van der Waals surface area contributed by atoms with Gasteiger partial charge in [-0.05, 0) is 81.0 Å². The lowest BCUT2D eigenvalue weighted by molar-refractivity contribution is -0.384. The van der Waals surface area contributed by atoms with Crippen LogP contribution in [-0.2, 0) is 45.1 Å². The van der Waals surface area contributed by atoms with Crippen LogP contribution in [0.1, 0.15) is 48.5 Å². The van der Waals surface area contributed by atoms with E-state index < -0.39 is 4.92 Å². The van der Waals surface area contributed by atoms with Crippen LogP contribution < -0.4 is 16.4 Å². The number of rotatable bonds is 17. The Hall–Kier alpha value is -6.56. The molecule has 2 atom stereocenters. The molecule has 0 aliphatic carbocycles. The normalized spacial score (nSPS) is 16.2. The number of hydrogen-bond acceptors (Lipinski definition) is 19. The summed E-state index contributed by atoms with van der Waals surface area (Å²) in [6.07, 6.45) is 16.9. The standard InChI is InChI=1S/C22H23N7O4S.C22H25N7O2S/c30-29(31)18-7-6-16(15-12-25-28(14-15)9-11-33-20-5-1-2-10-32-20)27-21(18)24-13-19-26-17-4-3-8-23-22(17)34-19;23-16-6-7-17(15-12-26-29(14-15)9-11-31-20-5-1-2-10-30-20)28-21(16)25-13-19-27-18-4-3-8-24-22(18)32-19/h3-4,6-8,12,14,20H,1-2,5,9-11,13H2,(H,24,27);3-4,6-8,12,14,20H,1-2,5,9-11,13,23H2,(H,25,28). The maximum absolute atomic E-state index is 11.5. The van der Waals surface area contributed by atoms with Gasteiger partial charge in [-0.1, -0.05) is 22.7 Å². The van der Waals surface area contributed by atoms with E-state index >= 15 is 0 Å². The van der Waals surface area contributed by atoms with E-state index in [1.165, 1.54) is 17.4 Å². The first kappa shape index (κ1) is 44.6. The van der Waals surface area contributed by atoms with E-state index in [-0.39, 0.29) is 24.1 Å². The number of nitrogen functional groups attached to an aromatic ring is 1. The summed E-state index contributed by atoms with van der Waals surface area (Å²) in [5, 5.41) is 28.4. The maximum atomic E-state index is 11.5. The largest absolute Gasteiger partial charge is 0.396 e. The highest BCUT2D eigenvalue weighted by molar-refractivity contribution is 7.18. The van der Waals surface area contributed by atoms with Gasteiger partial charge in [0, 0.05) is 55.2 Å². The number of nitrogens with one attached hydrogen (secondary N) is 2. The molecule has 2 saturated heterocycles. The molecule has 2 aliphatic heterocycles. The fourth-order valence-electron chi connectivity index (χ4n) is 7.24. The number of nitrogens with zero attached hydrogens (tertiary/aromatic N) is 11. The number of ether oxygens (including phenoxy) is 4. The van der Waals surface area contributed by atoms with E-state index in [9.17, 15) is 10.1 Å². The zero-order valence-electron chi connectivity index (χ0n) is 35.9. The molecule has 8 aromatic heterocycles. The molecule has 0 saturated carbocycles. The number of pyridine rings is 4. The minimum Gasteiger partial charge on any atom is -0.396 e. The van der Waals surface area contributed by atoms with Gasteiger partial charge in [-0.2, -0.15) is 10.2 Å². The molecule has 0 radical (unpaired) electrons. The lowest BCUT2D eigenvalue weighted by Gasteiger charge is -2.22. The Morgan fingerprint density at radius 3 is 1.76 bits per heavy atom. The summed E-state index contributed by atoms with van der Waals surface area (Å²) in [4.78, 5) is 39.8. The van der Waals surface area contributed by atoms with Gasteiger partial charge in [0.15, 0.2) is 12.6 Å². The summed E-state index contributed by atoms with van der Waals surface area (Å²) < 4.78 is 26.4. The fraction of sp³-hybridized carbons (Fsp3) is 0.364. The first-order valence-electron chi connectivity index (χ1n) is 21.7. The van der Waals surface area contributed by atoms with E-state index in [0.29, 0.717) is 56.6 Å². The Bertz CT molecular complexity index is 2790. The summed E-state index contributed by atoms with van der Waals surface area (Å²) in [7, 11) is 0. The molecule has 0 aromatic carbocycles. The molecule has 0 amide bonds. The van der Waals surface area contributed by atoms with Gasteiger partial charge in [-0.25, -0.2) is 29.9 Å². The van der Waals surface area contributed by atoms with Crippen LogP contribution in [0.3, 0.4) is 0 Å². The topological polar surface area (TPSA) is 243 Å². The highest BCUT2D eigenvalue weighted by atomic mass is 32.1. The van der Waals surface area contributed by atoms with Crippen molar-refractivity contribution in [3.05, 3.63) is 106 Å². The highest BCUT2D eigenvalue weighted by Gasteiger charge is 2.19. The molecule has 342 valence electrons. The quantitative estimate of drug-likeness (QED) is 0.0585. The van der Waals surface area contributed by atoms with Crippen molar-refractivity contribution in [1.82, 2.24) is 49.5 Å². The number of nitro groups is 1. The Morgan fingerprint density at radius 2 is 1.24 bits per heavy atom. The third-order valence-electron chi connectivity index (χ3n) is 10.6. The molecule has 2 unspecified atom stereocenters. The SMILES string of the molecule is Nc1ccc(-c2cnn(CCOC3CCCCO3)c2)nc1NCc1nc2cccnc2s1.O=[N+]([O-])c1ccc(-c2cnn(CCOC3CCCCO3)c2)nc1NCc1nc2cccnc2s1. The Labute approximate surface area is 386 Å². The third kappa shape index (κ3) is 11.6. The number of nitrogens with two attached hydrogens (primary N) is 1. The Balaban J connectivity index is 0.000000166. The molecule has 2 fully saturated rings. The number of anilines is 3. The van der Waals surface area contributed by atoms with E-state index in [2.05, 4.69) is 45.8 Å². The second kappa shape index (κ2) is 21.6. The van der Waals surface area contributed by atoms with E-state index in [1.807, 2.05) is 53.5 Å². The minimum absolute atomic E-state index is 0.0858. The van der Waals surface area contributed by atoms with Crippen molar-refractivity contribution in [3.63, 3.8) is 0 Å². The molecule has 22 heteroatoms. The van der Waals surface area contributed by atoms with Crippen molar-refractivity contribution in [2.75, 3.05) is 42.8 Å². The predicted molar refractivity (Wildman–Crippen MR) is 251 cm³/mol. The van der Waals surface area contributed by atoms with Crippen LogP contribution in [0.2, 0.25) is 0 Å². The van der Waals surface area contributed by atoms with Crippen molar-refractivity contribution in [2.24, 2.45) is 0 Å². The van der Waals surface area contributed by atoms with Crippen LogP contribution in [0.4, 0.5) is 23.0 Å². The van der Waals surface area contributed by atoms with Crippen LogP contribution >= 0.6 is 22.7 Å².